The first-order valence-corrected chi connectivity index (χ1v) is 7.85. The number of benzene rings is 1. The Hall–Kier alpha value is -0.670. The lowest BCUT2D eigenvalue weighted by Gasteiger charge is -2.39. The second-order valence-electron chi connectivity index (χ2n) is 5.01. The molecule has 0 spiro atoms. The molecule has 19 heavy (non-hydrogen) atoms. The highest BCUT2D eigenvalue weighted by molar-refractivity contribution is 7.80. The first-order valence-electron chi connectivity index (χ1n) is 6.84. The van der Waals surface area contributed by atoms with Gasteiger partial charge in [-0.25, -0.2) is 0 Å². The van der Waals surface area contributed by atoms with E-state index >= 15 is 0 Å². The van der Waals surface area contributed by atoms with Crippen LogP contribution in [0.1, 0.15) is 37.8 Å². The predicted octanol–water partition coefficient (Wildman–Crippen LogP) is 3.96. The van der Waals surface area contributed by atoms with Crippen molar-refractivity contribution in [2.45, 2.75) is 32.2 Å². The van der Waals surface area contributed by atoms with E-state index in [2.05, 4.69) is 19.6 Å². The normalized spacial score (nSPS) is 23.7. The molecule has 0 bridgehead atoms. The van der Waals surface area contributed by atoms with Gasteiger partial charge in [0.2, 0.25) is 5.91 Å². The minimum absolute atomic E-state index is 0.180. The Morgan fingerprint density at radius 3 is 2.58 bits per heavy atom. The Labute approximate surface area is 125 Å². The van der Waals surface area contributed by atoms with Gasteiger partial charge >= 0.3 is 0 Å². The topological polar surface area (TPSA) is 20.3 Å². The summed E-state index contributed by atoms with van der Waals surface area (Å²) in [5, 5.41) is 0.734. The van der Waals surface area contributed by atoms with E-state index in [1.165, 1.54) is 5.56 Å². The summed E-state index contributed by atoms with van der Waals surface area (Å²) in [4.78, 5) is 14.5. The van der Waals surface area contributed by atoms with Crippen LogP contribution in [0, 0.1) is 5.92 Å². The lowest BCUT2D eigenvalue weighted by molar-refractivity contribution is -0.141. The number of carbonyl (C=O) groups excluding carboxylic acids is 1. The van der Waals surface area contributed by atoms with E-state index in [0.717, 1.165) is 24.3 Å². The summed E-state index contributed by atoms with van der Waals surface area (Å²) in [7, 11) is 0. The van der Waals surface area contributed by atoms with Gasteiger partial charge < -0.3 is 4.90 Å². The fraction of sp³-hybridized carbons (Fsp3) is 0.533. The van der Waals surface area contributed by atoms with Gasteiger partial charge in [0.25, 0.3) is 0 Å². The van der Waals surface area contributed by atoms with E-state index in [9.17, 15) is 4.79 Å². The van der Waals surface area contributed by atoms with Crippen LogP contribution in [-0.2, 0) is 4.79 Å². The summed E-state index contributed by atoms with van der Waals surface area (Å²) in [6.07, 6.45) is 2.93. The molecule has 1 aliphatic heterocycles. The van der Waals surface area contributed by atoms with Crippen molar-refractivity contribution in [3.63, 3.8) is 0 Å². The summed E-state index contributed by atoms with van der Waals surface area (Å²) in [6, 6.07) is 8.02. The van der Waals surface area contributed by atoms with Gasteiger partial charge in [0.05, 0.1) is 6.04 Å². The van der Waals surface area contributed by atoms with E-state index in [4.69, 9.17) is 11.6 Å². The Morgan fingerprint density at radius 2 is 2.00 bits per heavy atom. The fourth-order valence-corrected chi connectivity index (χ4v) is 3.15. The van der Waals surface area contributed by atoms with Crippen molar-refractivity contribution in [2.75, 3.05) is 12.3 Å². The van der Waals surface area contributed by atoms with Crippen molar-refractivity contribution in [2.24, 2.45) is 5.92 Å². The molecule has 0 radical (unpaired) electrons. The fourth-order valence-electron chi connectivity index (χ4n) is 2.81. The van der Waals surface area contributed by atoms with Crippen LogP contribution in [0.15, 0.2) is 24.3 Å². The Balaban J connectivity index is 2.23. The zero-order chi connectivity index (χ0) is 13.8. The quantitative estimate of drug-likeness (QED) is 0.834. The minimum atomic E-state index is 0.180. The lowest BCUT2D eigenvalue weighted by atomic mass is 9.87. The van der Waals surface area contributed by atoms with Gasteiger partial charge in [0.15, 0.2) is 0 Å². The first-order chi connectivity index (χ1) is 9.17. The molecule has 1 saturated heterocycles. The highest BCUT2D eigenvalue weighted by Crippen LogP contribution is 2.35. The molecule has 0 aromatic heterocycles. The first kappa shape index (κ1) is 14.7. The van der Waals surface area contributed by atoms with Gasteiger partial charge in [0.1, 0.15) is 0 Å². The van der Waals surface area contributed by atoms with Crippen LogP contribution in [0.5, 0.6) is 0 Å². The molecule has 1 heterocycles. The van der Waals surface area contributed by atoms with Crippen molar-refractivity contribution < 1.29 is 4.79 Å². The average molecular weight is 298 g/mol. The predicted molar refractivity (Wildman–Crippen MR) is 82.8 cm³/mol. The number of nitrogens with zero attached hydrogens (tertiary/aromatic N) is 1. The van der Waals surface area contributed by atoms with Crippen molar-refractivity contribution in [1.82, 2.24) is 4.90 Å². The van der Waals surface area contributed by atoms with Gasteiger partial charge in [-0.1, -0.05) is 30.7 Å². The summed E-state index contributed by atoms with van der Waals surface area (Å²) < 4.78 is 0. The number of halogens is 1. The Morgan fingerprint density at radius 1 is 1.32 bits per heavy atom. The summed E-state index contributed by atoms with van der Waals surface area (Å²) in [6.45, 7) is 2.80. The average Bonchev–Trinajstić information content (AvgIpc) is 2.42. The molecule has 0 aliphatic carbocycles. The van der Waals surface area contributed by atoms with Gasteiger partial charge in [0, 0.05) is 23.2 Å². The Kier molecular flexibility index (Phi) is 5.17. The molecule has 0 saturated carbocycles. The van der Waals surface area contributed by atoms with Crippen LogP contribution in [0.2, 0.25) is 5.02 Å². The molecule has 2 atom stereocenters. The van der Waals surface area contributed by atoms with E-state index in [1.807, 2.05) is 29.2 Å². The zero-order valence-corrected chi connectivity index (χ0v) is 12.8. The van der Waals surface area contributed by atoms with Crippen molar-refractivity contribution in [3.8, 4) is 0 Å². The van der Waals surface area contributed by atoms with Crippen molar-refractivity contribution in [1.29, 1.82) is 0 Å². The molecular weight excluding hydrogens is 278 g/mol. The largest absolute Gasteiger partial charge is 0.335 e. The van der Waals surface area contributed by atoms with Crippen LogP contribution in [-0.4, -0.2) is 23.1 Å². The third-order valence-corrected chi connectivity index (χ3v) is 4.34. The van der Waals surface area contributed by atoms with Crippen LogP contribution >= 0.6 is 24.2 Å². The number of amides is 1. The van der Waals surface area contributed by atoms with Crippen molar-refractivity contribution in [3.05, 3.63) is 34.9 Å². The lowest BCUT2D eigenvalue weighted by Crippen LogP contribution is -2.44. The molecule has 104 valence electrons. The van der Waals surface area contributed by atoms with Crippen LogP contribution in [0.25, 0.3) is 0 Å². The van der Waals surface area contributed by atoms with E-state index in [0.29, 0.717) is 12.3 Å². The van der Waals surface area contributed by atoms with Crippen LogP contribution in [0.3, 0.4) is 0 Å². The summed E-state index contributed by atoms with van der Waals surface area (Å²) in [5.74, 6) is 1.16. The molecule has 2 nitrogen and oxygen atoms in total. The smallest absolute Gasteiger partial charge is 0.226 e. The molecular formula is C15H20ClNOS. The maximum absolute atomic E-state index is 12.5. The van der Waals surface area contributed by atoms with Crippen molar-refractivity contribution >= 4 is 30.1 Å². The zero-order valence-electron chi connectivity index (χ0n) is 11.2. The third kappa shape index (κ3) is 3.26. The molecule has 1 amide bonds. The molecule has 0 N–H and O–H groups in total. The van der Waals surface area contributed by atoms with E-state index in [-0.39, 0.29) is 17.9 Å². The van der Waals surface area contributed by atoms with Gasteiger partial charge in [-0.15, -0.1) is 0 Å². The standard InChI is InChI=1S/C15H20ClNOS/c1-2-11-5-8-14(17(9-10-19)15(11)18)12-3-6-13(16)7-4-12/h3-4,6-7,11,14,19H,2,5,8-10H2,1H3. The number of carbonyl (C=O) groups is 1. The third-order valence-electron chi connectivity index (χ3n) is 3.89. The highest BCUT2D eigenvalue weighted by atomic mass is 35.5. The summed E-state index contributed by atoms with van der Waals surface area (Å²) >= 11 is 10.2. The van der Waals surface area contributed by atoms with Gasteiger partial charge in [-0.2, -0.15) is 12.6 Å². The molecule has 1 aromatic rings. The van der Waals surface area contributed by atoms with Gasteiger partial charge in [-0.05, 0) is 37.0 Å². The second-order valence-corrected chi connectivity index (χ2v) is 5.89. The van der Waals surface area contributed by atoms with Crippen LogP contribution < -0.4 is 0 Å². The summed E-state index contributed by atoms with van der Waals surface area (Å²) in [5.41, 5.74) is 1.18. The number of hydrogen-bond donors (Lipinski definition) is 1. The van der Waals surface area contributed by atoms with E-state index < -0.39 is 0 Å². The number of thiol groups is 1. The number of hydrogen-bond acceptors (Lipinski definition) is 2. The van der Waals surface area contributed by atoms with E-state index in [1.54, 1.807) is 0 Å². The molecule has 1 aliphatic rings. The number of rotatable bonds is 4. The number of likely N-dealkylation sites (tertiary alicyclic amines) is 1. The molecule has 4 heteroatoms. The maximum atomic E-state index is 12.5. The molecule has 1 aromatic carbocycles. The van der Waals surface area contributed by atoms with Crippen LogP contribution in [0.4, 0.5) is 0 Å². The Bertz CT molecular complexity index is 434. The number of piperidine rings is 1. The minimum Gasteiger partial charge on any atom is -0.335 e. The SMILES string of the molecule is CCC1CCC(c2ccc(Cl)cc2)N(CCS)C1=O. The second kappa shape index (κ2) is 6.67. The highest BCUT2D eigenvalue weighted by Gasteiger charge is 2.34. The van der Waals surface area contributed by atoms with Gasteiger partial charge in [-0.3, -0.25) is 4.79 Å². The monoisotopic (exact) mass is 297 g/mol. The molecule has 2 unspecified atom stereocenters. The maximum Gasteiger partial charge on any atom is 0.226 e. The molecule has 2 rings (SSSR count). The molecule has 1 fully saturated rings.